The van der Waals surface area contributed by atoms with Gasteiger partial charge in [-0.3, -0.25) is 9.59 Å². The van der Waals surface area contributed by atoms with Gasteiger partial charge in [-0.25, -0.2) is 0 Å². The summed E-state index contributed by atoms with van der Waals surface area (Å²) in [5, 5.41) is 0. The van der Waals surface area contributed by atoms with E-state index in [-0.39, 0.29) is 18.3 Å². The van der Waals surface area contributed by atoms with Crippen LogP contribution in [0.2, 0.25) is 0 Å². The third-order valence-electron chi connectivity index (χ3n) is 4.26. The van der Waals surface area contributed by atoms with Crippen molar-refractivity contribution in [2.75, 3.05) is 24.7 Å². The first-order chi connectivity index (χ1) is 12.2. The number of para-hydroxylation sites is 1. The topological polar surface area (TPSA) is 65.1 Å². The molecular weight excluding hydrogens is 322 g/mol. The minimum absolute atomic E-state index is 0.105. The Kier molecular flexibility index (Phi) is 4.01. The molecule has 0 radical (unpaired) electrons. The summed E-state index contributed by atoms with van der Waals surface area (Å²) in [6.45, 7) is 1.29. The summed E-state index contributed by atoms with van der Waals surface area (Å²) in [7, 11) is 0. The first kappa shape index (κ1) is 15.5. The number of nitrogens with zero attached hydrogens (tertiary/aromatic N) is 1. The summed E-state index contributed by atoms with van der Waals surface area (Å²) in [5.41, 5.74) is 0.698. The predicted molar refractivity (Wildman–Crippen MR) is 90.0 cm³/mol. The van der Waals surface area contributed by atoms with Crippen LogP contribution in [0.15, 0.2) is 48.5 Å². The Labute approximate surface area is 144 Å². The van der Waals surface area contributed by atoms with Crippen molar-refractivity contribution < 1.29 is 23.8 Å². The molecule has 0 saturated carbocycles. The highest BCUT2D eigenvalue weighted by Gasteiger charge is 2.36. The lowest BCUT2D eigenvalue weighted by molar-refractivity contribution is -0.139. The van der Waals surface area contributed by atoms with Crippen LogP contribution in [-0.4, -0.2) is 31.6 Å². The van der Waals surface area contributed by atoms with Crippen LogP contribution in [0.25, 0.3) is 0 Å². The second kappa shape index (κ2) is 6.47. The number of anilines is 1. The van der Waals surface area contributed by atoms with Gasteiger partial charge in [-0.1, -0.05) is 18.2 Å². The molecule has 0 spiro atoms. The highest BCUT2D eigenvalue weighted by molar-refractivity contribution is 6.00. The van der Waals surface area contributed by atoms with Crippen molar-refractivity contribution in [1.82, 2.24) is 0 Å². The molecule has 0 N–H and O–H groups in total. The number of hydrogen-bond acceptors (Lipinski definition) is 5. The van der Waals surface area contributed by atoms with E-state index in [0.29, 0.717) is 42.7 Å². The van der Waals surface area contributed by atoms with Crippen LogP contribution in [-0.2, 0) is 9.59 Å². The van der Waals surface area contributed by atoms with Crippen LogP contribution in [0.4, 0.5) is 5.69 Å². The zero-order valence-electron chi connectivity index (χ0n) is 13.5. The highest BCUT2D eigenvalue weighted by atomic mass is 16.6. The Morgan fingerprint density at radius 1 is 1.04 bits per heavy atom. The molecule has 1 saturated heterocycles. The number of hydrogen-bond donors (Lipinski definition) is 0. The SMILES string of the molecule is O=C(Oc1ccccc1)[C@@H]1CC(=O)N(c2ccc3c(c2)OCCO3)C1. The normalized spacial score (nSPS) is 19.0. The molecule has 25 heavy (non-hydrogen) atoms. The third kappa shape index (κ3) is 3.15. The van der Waals surface area contributed by atoms with Crippen molar-refractivity contribution in [2.45, 2.75) is 6.42 Å². The largest absolute Gasteiger partial charge is 0.486 e. The molecule has 0 bridgehead atoms. The maximum atomic E-state index is 12.4. The fraction of sp³-hybridized carbons (Fsp3) is 0.263. The number of benzene rings is 2. The fourth-order valence-corrected chi connectivity index (χ4v) is 3.00. The van der Waals surface area contributed by atoms with E-state index in [1.165, 1.54) is 0 Å². The van der Waals surface area contributed by atoms with Gasteiger partial charge in [0.25, 0.3) is 0 Å². The van der Waals surface area contributed by atoms with Gasteiger partial charge >= 0.3 is 5.97 Å². The molecular formula is C19H17NO5. The average Bonchev–Trinajstić information content (AvgIpc) is 3.04. The van der Waals surface area contributed by atoms with Crippen LogP contribution < -0.4 is 19.1 Å². The van der Waals surface area contributed by atoms with Crippen molar-refractivity contribution in [3.8, 4) is 17.2 Å². The molecule has 4 rings (SSSR count). The van der Waals surface area contributed by atoms with Gasteiger partial charge < -0.3 is 19.1 Å². The molecule has 2 aromatic carbocycles. The van der Waals surface area contributed by atoms with Crippen molar-refractivity contribution in [3.05, 3.63) is 48.5 Å². The van der Waals surface area contributed by atoms with E-state index in [9.17, 15) is 9.59 Å². The monoisotopic (exact) mass is 339 g/mol. The first-order valence-electron chi connectivity index (χ1n) is 8.17. The molecule has 6 heteroatoms. The highest BCUT2D eigenvalue weighted by Crippen LogP contribution is 2.36. The Balaban J connectivity index is 1.48. The zero-order valence-corrected chi connectivity index (χ0v) is 13.5. The predicted octanol–water partition coefficient (Wildman–Crippen LogP) is 2.42. The van der Waals surface area contributed by atoms with E-state index in [4.69, 9.17) is 14.2 Å². The Morgan fingerprint density at radius 2 is 1.80 bits per heavy atom. The number of carbonyl (C=O) groups excluding carboxylic acids is 2. The molecule has 1 fully saturated rings. The molecule has 2 heterocycles. The maximum absolute atomic E-state index is 12.4. The summed E-state index contributed by atoms with van der Waals surface area (Å²) in [6, 6.07) is 14.2. The lowest BCUT2D eigenvalue weighted by atomic mass is 10.1. The van der Waals surface area contributed by atoms with Crippen molar-refractivity contribution in [3.63, 3.8) is 0 Å². The van der Waals surface area contributed by atoms with Gasteiger partial charge in [0, 0.05) is 24.7 Å². The summed E-state index contributed by atoms with van der Waals surface area (Å²) in [6.07, 6.45) is 0.139. The number of fused-ring (bicyclic) bond motifs is 1. The second-order valence-corrected chi connectivity index (χ2v) is 5.97. The Morgan fingerprint density at radius 3 is 2.60 bits per heavy atom. The molecule has 1 atom stereocenters. The van der Waals surface area contributed by atoms with Gasteiger partial charge in [0.15, 0.2) is 11.5 Å². The molecule has 0 unspecified atom stereocenters. The number of rotatable bonds is 3. The van der Waals surface area contributed by atoms with E-state index in [1.807, 2.05) is 6.07 Å². The van der Waals surface area contributed by atoms with Gasteiger partial charge in [-0.2, -0.15) is 0 Å². The van der Waals surface area contributed by atoms with Gasteiger partial charge in [-0.05, 0) is 24.3 Å². The number of amides is 1. The average molecular weight is 339 g/mol. The molecule has 128 valence electrons. The molecule has 6 nitrogen and oxygen atoms in total. The summed E-state index contributed by atoms with van der Waals surface area (Å²) in [5.74, 6) is 0.790. The van der Waals surface area contributed by atoms with Gasteiger partial charge in [0.1, 0.15) is 19.0 Å². The van der Waals surface area contributed by atoms with Gasteiger partial charge in [0.05, 0.1) is 5.92 Å². The fourth-order valence-electron chi connectivity index (χ4n) is 3.00. The van der Waals surface area contributed by atoms with E-state index in [2.05, 4.69) is 0 Å². The van der Waals surface area contributed by atoms with Crippen LogP contribution in [0.1, 0.15) is 6.42 Å². The molecule has 1 amide bonds. The molecule has 0 aromatic heterocycles. The van der Waals surface area contributed by atoms with E-state index < -0.39 is 5.92 Å². The number of esters is 1. The van der Waals surface area contributed by atoms with Crippen LogP contribution in [0.3, 0.4) is 0 Å². The Hall–Kier alpha value is -3.02. The van der Waals surface area contributed by atoms with Crippen molar-refractivity contribution in [2.24, 2.45) is 5.92 Å². The minimum atomic E-state index is -0.485. The lowest BCUT2D eigenvalue weighted by Gasteiger charge is -2.22. The standard InChI is InChI=1S/C19H17NO5/c21-18-10-13(19(22)25-15-4-2-1-3-5-15)12-20(18)14-6-7-16-17(11-14)24-9-8-23-16/h1-7,11,13H,8-10,12H2/t13-/m1/s1. The van der Waals surface area contributed by atoms with Crippen molar-refractivity contribution in [1.29, 1.82) is 0 Å². The quantitative estimate of drug-likeness (QED) is 0.635. The molecule has 2 aromatic rings. The van der Waals surface area contributed by atoms with E-state index >= 15 is 0 Å². The number of carbonyl (C=O) groups is 2. The smallest absolute Gasteiger partial charge is 0.316 e. The van der Waals surface area contributed by atoms with Crippen LogP contribution in [0, 0.1) is 5.92 Å². The van der Waals surface area contributed by atoms with Crippen LogP contribution in [0.5, 0.6) is 17.2 Å². The Bertz CT molecular complexity index is 805. The number of ether oxygens (including phenoxy) is 3. The molecule has 2 aliphatic heterocycles. The second-order valence-electron chi connectivity index (χ2n) is 5.97. The summed E-state index contributed by atoms with van der Waals surface area (Å²) >= 11 is 0. The van der Waals surface area contributed by atoms with Crippen LogP contribution >= 0.6 is 0 Å². The molecule has 0 aliphatic carbocycles. The van der Waals surface area contributed by atoms with Gasteiger partial charge in [0.2, 0.25) is 5.91 Å². The van der Waals surface area contributed by atoms with Crippen molar-refractivity contribution >= 4 is 17.6 Å². The van der Waals surface area contributed by atoms with E-state index in [0.717, 1.165) is 0 Å². The van der Waals surface area contributed by atoms with Gasteiger partial charge in [-0.15, -0.1) is 0 Å². The zero-order chi connectivity index (χ0) is 17.2. The maximum Gasteiger partial charge on any atom is 0.316 e. The first-order valence-corrected chi connectivity index (χ1v) is 8.17. The lowest BCUT2D eigenvalue weighted by Crippen LogP contribution is -2.27. The van der Waals surface area contributed by atoms with E-state index in [1.54, 1.807) is 47.4 Å². The third-order valence-corrected chi connectivity index (χ3v) is 4.26. The summed E-state index contributed by atoms with van der Waals surface area (Å²) in [4.78, 5) is 26.3. The minimum Gasteiger partial charge on any atom is -0.486 e. The molecule has 2 aliphatic rings. The summed E-state index contributed by atoms with van der Waals surface area (Å²) < 4.78 is 16.4.